The van der Waals surface area contributed by atoms with Crippen LogP contribution in [-0.4, -0.2) is 71.0 Å². The van der Waals surface area contributed by atoms with E-state index in [-0.39, 0.29) is 18.9 Å². The molecule has 188 valence electrons. The number of amides is 1. The van der Waals surface area contributed by atoms with Crippen LogP contribution in [0.5, 0.6) is 5.75 Å². The Bertz CT molecular complexity index is 1110. The summed E-state index contributed by atoms with van der Waals surface area (Å²) in [6.45, 7) is 5.29. The number of aromatic nitrogens is 3. The number of halogens is 3. The molecule has 10 nitrogen and oxygen atoms in total. The lowest BCUT2D eigenvalue weighted by atomic mass is 10.2. The van der Waals surface area contributed by atoms with Crippen LogP contribution in [0.15, 0.2) is 29.3 Å². The number of ether oxygens (including phenoxy) is 2. The number of nitrogens with one attached hydrogen (secondary N) is 1. The quantitative estimate of drug-likeness (QED) is 0.591. The Labute approximate surface area is 199 Å². The van der Waals surface area contributed by atoms with Crippen molar-refractivity contribution in [2.75, 3.05) is 37.7 Å². The zero-order valence-corrected chi connectivity index (χ0v) is 19.2. The van der Waals surface area contributed by atoms with Crippen LogP contribution in [0, 0.1) is 11.3 Å². The highest BCUT2D eigenvalue weighted by Crippen LogP contribution is 2.33. The molecule has 2 atom stereocenters. The van der Waals surface area contributed by atoms with Crippen molar-refractivity contribution in [3.63, 3.8) is 0 Å². The minimum Gasteiger partial charge on any atom is -0.486 e. The SMILES string of the molecule is C[C@@H](CC(=O)N1CCN(c2ccc(C#N)cn2)CC1)OC[C@H](C)Oc1cn[nH]c(=O)c1C(F)(F)F. The van der Waals surface area contributed by atoms with Crippen molar-refractivity contribution in [2.24, 2.45) is 0 Å². The molecule has 35 heavy (non-hydrogen) atoms. The summed E-state index contributed by atoms with van der Waals surface area (Å²) in [5, 5.41) is 14.0. The van der Waals surface area contributed by atoms with Gasteiger partial charge in [-0.15, -0.1) is 0 Å². The second kappa shape index (κ2) is 11.2. The van der Waals surface area contributed by atoms with Crippen LogP contribution in [0.2, 0.25) is 0 Å². The number of alkyl halides is 3. The van der Waals surface area contributed by atoms with Gasteiger partial charge >= 0.3 is 6.18 Å². The molecule has 0 radical (unpaired) electrons. The van der Waals surface area contributed by atoms with Crippen molar-refractivity contribution in [1.29, 1.82) is 5.26 Å². The second-order valence-corrected chi connectivity index (χ2v) is 8.10. The summed E-state index contributed by atoms with van der Waals surface area (Å²) < 4.78 is 50.2. The number of hydrogen-bond donors (Lipinski definition) is 1. The lowest BCUT2D eigenvalue weighted by Crippen LogP contribution is -2.49. The summed E-state index contributed by atoms with van der Waals surface area (Å²) >= 11 is 0. The Morgan fingerprint density at radius 2 is 1.91 bits per heavy atom. The van der Waals surface area contributed by atoms with Crippen LogP contribution >= 0.6 is 0 Å². The standard InChI is InChI=1S/C22H25F3N6O4/c1-14(34-13-15(2)35-17-12-28-29-21(33)20(17)22(23,24)25)9-19(32)31-7-5-30(6-8-31)18-4-3-16(10-26)11-27-18/h3-4,11-12,14-15H,5-9,13H2,1-2H3,(H,29,33)/t14-,15-/m0/s1. The minimum absolute atomic E-state index is 0.0866. The second-order valence-electron chi connectivity index (χ2n) is 8.10. The zero-order valence-electron chi connectivity index (χ0n) is 19.2. The fraction of sp³-hybridized carbons (Fsp3) is 0.500. The maximum Gasteiger partial charge on any atom is 0.425 e. The molecule has 0 saturated carbocycles. The number of rotatable bonds is 8. The molecule has 1 aliphatic heterocycles. The van der Waals surface area contributed by atoms with Gasteiger partial charge in [0.2, 0.25) is 5.91 Å². The number of nitrogens with zero attached hydrogens (tertiary/aromatic N) is 5. The number of carbonyl (C=O) groups is 1. The molecule has 0 aromatic carbocycles. The Morgan fingerprint density at radius 1 is 1.20 bits per heavy atom. The van der Waals surface area contributed by atoms with Crippen LogP contribution in [0.25, 0.3) is 0 Å². The summed E-state index contributed by atoms with van der Waals surface area (Å²) in [6, 6.07) is 5.49. The first-order valence-corrected chi connectivity index (χ1v) is 10.9. The average Bonchev–Trinajstić information content (AvgIpc) is 2.82. The zero-order chi connectivity index (χ0) is 25.6. The third-order valence-electron chi connectivity index (χ3n) is 5.34. The normalized spacial score (nSPS) is 15.9. The van der Waals surface area contributed by atoms with Gasteiger partial charge in [-0.05, 0) is 26.0 Å². The molecule has 3 heterocycles. The van der Waals surface area contributed by atoms with Crippen molar-refractivity contribution >= 4 is 11.7 Å². The summed E-state index contributed by atoms with van der Waals surface area (Å²) in [5.74, 6) is -0.0431. The van der Waals surface area contributed by atoms with E-state index in [1.54, 1.807) is 29.1 Å². The molecule has 3 rings (SSSR count). The highest BCUT2D eigenvalue weighted by molar-refractivity contribution is 5.77. The molecule has 1 amide bonds. The van der Waals surface area contributed by atoms with Gasteiger partial charge in [0.05, 0.1) is 30.9 Å². The van der Waals surface area contributed by atoms with Crippen LogP contribution in [0.3, 0.4) is 0 Å². The Balaban J connectivity index is 1.44. The van der Waals surface area contributed by atoms with E-state index >= 15 is 0 Å². The average molecular weight is 494 g/mol. The van der Waals surface area contributed by atoms with E-state index < -0.39 is 35.3 Å². The molecule has 1 saturated heterocycles. The molecule has 2 aromatic rings. The topological polar surface area (TPSA) is 124 Å². The number of H-pyrrole nitrogens is 1. The van der Waals surface area contributed by atoms with Crippen LogP contribution in [-0.2, 0) is 15.7 Å². The highest BCUT2D eigenvalue weighted by atomic mass is 19.4. The number of nitriles is 1. The number of pyridine rings is 1. The van der Waals surface area contributed by atoms with E-state index in [9.17, 15) is 22.8 Å². The summed E-state index contributed by atoms with van der Waals surface area (Å²) in [6.07, 6.45) is -3.81. The number of piperazine rings is 1. The maximum atomic E-state index is 13.1. The van der Waals surface area contributed by atoms with E-state index in [0.717, 1.165) is 12.0 Å². The molecule has 1 aliphatic rings. The maximum absolute atomic E-state index is 13.1. The van der Waals surface area contributed by atoms with Crippen molar-refractivity contribution in [3.8, 4) is 11.8 Å². The predicted molar refractivity (Wildman–Crippen MR) is 118 cm³/mol. The van der Waals surface area contributed by atoms with Crippen LogP contribution in [0.4, 0.5) is 19.0 Å². The van der Waals surface area contributed by atoms with Crippen molar-refractivity contribution in [1.82, 2.24) is 20.1 Å². The summed E-state index contributed by atoms with van der Waals surface area (Å²) in [4.78, 5) is 32.2. The van der Waals surface area contributed by atoms with Crippen molar-refractivity contribution in [3.05, 3.63) is 46.0 Å². The molecule has 0 aliphatic carbocycles. The third-order valence-corrected chi connectivity index (χ3v) is 5.34. The van der Waals surface area contributed by atoms with Gasteiger partial charge in [-0.25, -0.2) is 10.1 Å². The Morgan fingerprint density at radius 3 is 2.51 bits per heavy atom. The number of anilines is 1. The third kappa shape index (κ3) is 6.92. The largest absolute Gasteiger partial charge is 0.486 e. The molecular formula is C22H25F3N6O4. The van der Waals surface area contributed by atoms with E-state index in [2.05, 4.69) is 10.1 Å². The summed E-state index contributed by atoms with van der Waals surface area (Å²) in [7, 11) is 0. The Hall–Kier alpha value is -3.66. The number of hydrogen-bond acceptors (Lipinski definition) is 8. The smallest absolute Gasteiger partial charge is 0.425 e. The van der Waals surface area contributed by atoms with Gasteiger partial charge in [0.15, 0.2) is 11.3 Å². The van der Waals surface area contributed by atoms with Gasteiger partial charge in [0, 0.05) is 32.4 Å². The summed E-state index contributed by atoms with van der Waals surface area (Å²) in [5.41, 5.74) is -2.37. The molecular weight excluding hydrogens is 469 g/mol. The molecule has 13 heteroatoms. The molecule has 0 bridgehead atoms. The lowest BCUT2D eigenvalue weighted by Gasteiger charge is -2.35. The van der Waals surface area contributed by atoms with E-state index in [0.29, 0.717) is 31.7 Å². The van der Waals surface area contributed by atoms with E-state index in [1.165, 1.54) is 13.1 Å². The predicted octanol–water partition coefficient (Wildman–Crippen LogP) is 1.97. The van der Waals surface area contributed by atoms with Crippen molar-refractivity contribution in [2.45, 2.75) is 38.7 Å². The first-order valence-electron chi connectivity index (χ1n) is 10.9. The Kier molecular flexibility index (Phi) is 8.29. The minimum atomic E-state index is -4.90. The fourth-order valence-corrected chi connectivity index (χ4v) is 3.55. The molecule has 2 aromatic heterocycles. The molecule has 1 fully saturated rings. The first-order chi connectivity index (χ1) is 16.6. The highest BCUT2D eigenvalue weighted by Gasteiger charge is 2.38. The fourth-order valence-electron chi connectivity index (χ4n) is 3.55. The first kappa shape index (κ1) is 26.0. The van der Waals surface area contributed by atoms with Gasteiger partial charge in [-0.3, -0.25) is 9.59 Å². The van der Waals surface area contributed by atoms with Gasteiger partial charge in [-0.2, -0.15) is 23.5 Å². The lowest BCUT2D eigenvalue weighted by molar-refractivity contribution is -0.141. The van der Waals surface area contributed by atoms with E-state index in [4.69, 9.17) is 14.7 Å². The number of carbonyl (C=O) groups excluding carboxylic acids is 1. The van der Waals surface area contributed by atoms with Crippen molar-refractivity contribution < 1.29 is 27.4 Å². The van der Waals surface area contributed by atoms with Crippen LogP contribution < -0.4 is 15.2 Å². The number of aromatic amines is 1. The van der Waals surface area contributed by atoms with Gasteiger partial charge in [0.25, 0.3) is 5.56 Å². The van der Waals surface area contributed by atoms with Gasteiger partial charge in [-0.1, -0.05) is 0 Å². The van der Waals surface area contributed by atoms with Gasteiger partial charge in [0.1, 0.15) is 18.0 Å². The van der Waals surface area contributed by atoms with E-state index in [1.807, 2.05) is 11.0 Å². The molecule has 1 N–H and O–H groups in total. The molecule has 0 spiro atoms. The van der Waals surface area contributed by atoms with Crippen LogP contribution in [0.1, 0.15) is 31.4 Å². The molecule has 0 unspecified atom stereocenters. The van der Waals surface area contributed by atoms with Gasteiger partial charge < -0.3 is 19.3 Å². The monoisotopic (exact) mass is 494 g/mol.